The van der Waals surface area contributed by atoms with Crippen LogP contribution in [0.3, 0.4) is 0 Å². The molecule has 0 saturated heterocycles. The normalized spacial score (nSPS) is 12.4. The summed E-state index contributed by atoms with van der Waals surface area (Å²) >= 11 is 5.79. The van der Waals surface area contributed by atoms with Gasteiger partial charge in [0.1, 0.15) is 11.9 Å². The van der Waals surface area contributed by atoms with Crippen molar-refractivity contribution in [1.29, 1.82) is 0 Å². The Morgan fingerprint density at radius 3 is 2.45 bits per heavy atom. The molecule has 106 valence electrons. The van der Waals surface area contributed by atoms with E-state index in [2.05, 4.69) is 19.9 Å². The van der Waals surface area contributed by atoms with E-state index in [0.29, 0.717) is 5.56 Å². The summed E-state index contributed by atoms with van der Waals surface area (Å²) in [5, 5.41) is 10.6. The van der Waals surface area contributed by atoms with Gasteiger partial charge in [0.25, 0.3) is 0 Å². The number of rotatable bonds is 4. The van der Waals surface area contributed by atoms with Crippen LogP contribution in [-0.2, 0) is 12.8 Å². The molecule has 0 aromatic heterocycles. The van der Waals surface area contributed by atoms with E-state index >= 15 is 0 Å². The molecule has 0 aliphatic rings. The minimum absolute atomic E-state index is 0.0336. The average molecular weight is 293 g/mol. The predicted molar refractivity (Wildman–Crippen MR) is 80.7 cm³/mol. The first-order chi connectivity index (χ1) is 9.56. The van der Waals surface area contributed by atoms with Crippen molar-refractivity contribution in [2.75, 3.05) is 0 Å². The summed E-state index contributed by atoms with van der Waals surface area (Å²) in [4.78, 5) is 0. The molecule has 3 heteroatoms. The summed E-state index contributed by atoms with van der Waals surface area (Å²) in [6, 6.07) is 10.5. The topological polar surface area (TPSA) is 20.2 Å². The van der Waals surface area contributed by atoms with Crippen molar-refractivity contribution in [1.82, 2.24) is 0 Å². The average Bonchev–Trinajstić information content (AvgIpc) is 2.48. The molecule has 0 spiro atoms. The first-order valence-electron chi connectivity index (χ1n) is 6.81. The lowest BCUT2D eigenvalue weighted by molar-refractivity contribution is 0.219. The molecule has 2 aromatic rings. The van der Waals surface area contributed by atoms with Gasteiger partial charge in [-0.25, -0.2) is 4.39 Å². The summed E-state index contributed by atoms with van der Waals surface area (Å²) in [5.41, 5.74) is 3.74. The van der Waals surface area contributed by atoms with E-state index in [9.17, 15) is 9.50 Å². The van der Waals surface area contributed by atoms with Crippen LogP contribution >= 0.6 is 11.6 Å². The standard InChI is InChI=1S/C17H18ClFO/c1-3-11-5-6-12(4-2)14(9-11)17(20)13-7-8-16(19)15(18)10-13/h5-10,17,20H,3-4H2,1-2H3. The third kappa shape index (κ3) is 3.02. The highest BCUT2D eigenvalue weighted by Gasteiger charge is 2.16. The summed E-state index contributed by atoms with van der Waals surface area (Å²) in [5.74, 6) is -0.472. The van der Waals surface area contributed by atoms with E-state index in [1.54, 1.807) is 6.07 Å². The van der Waals surface area contributed by atoms with Crippen molar-refractivity contribution in [2.45, 2.75) is 32.8 Å². The molecular formula is C17H18ClFO. The summed E-state index contributed by atoms with van der Waals surface area (Å²) in [7, 11) is 0. The molecule has 0 saturated carbocycles. The van der Waals surface area contributed by atoms with Gasteiger partial charge in [0.05, 0.1) is 5.02 Å². The van der Waals surface area contributed by atoms with Crippen LogP contribution in [0.4, 0.5) is 4.39 Å². The zero-order chi connectivity index (χ0) is 14.7. The highest BCUT2D eigenvalue weighted by Crippen LogP contribution is 2.29. The van der Waals surface area contributed by atoms with Gasteiger partial charge < -0.3 is 5.11 Å². The predicted octanol–water partition coefficient (Wildman–Crippen LogP) is 4.69. The first kappa shape index (κ1) is 15.0. The first-order valence-corrected chi connectivity index (χ1v) is 7.19. The summed E-state index contributed by atoms with van der Waals surface area (Å²) in [6.45, 7) is 4.13. The SMILES string of the molecule is CCc1ccc(CC)c(C(O)c2ccc(F)c(Cl)c2)c1. The van der Waals surface area contributed by atoms with Crippen LogP contribution in [0.5, 0.6) is 0 Å². The number of aliphatic hydroxyl groups excluding tert-OH is 1. The zero-order valence-corrected chi connectivity index (χ0v) is 12.4. The molecule has 1 nitrogen and oxygen atoms in total. The molecule has 20 heavy (non-hydrogen) atoms. The van der Waals surface area contributed by atoms with Crippen LogP contribution in [0.15, 0.2) is 36.4 Å². The van der Waals surface area contributed by atoms with Crippen LogP contribution in [0, 0.1) is 5.82 Å². The van der Waals surface area contributed by atoms with Gasteiger partial charge in [-0.2, -0.15) is 0 Å². The largest absolute Gasteiger partial charge is 0.384 e. The van der Waals surface area contributed by atoms with Gasteiger partial charge in [-0.3, -0.25) is 0 Å². The second-order valence-electron chi connectivity index (χ2n) is 4.82. The minimum atomic E-state index is -0.783. The Labute approximate surface area is 124 Å². The van der Waals surface area contributed by atoms with Crippen molar-refractivity contribution >= 4 is 11.6 Å². The van der Waals surface area contributed by atoms with Crippen molar-refractivity contribution in [3.63, 3.8) is 0 Å². The maximum Gasteiger partial charge on any atom is 0.141 e. The Morgan fingerprint density at radius 2 is 1.85 bits per heavy atom. The maximum absolute atomic E-state index is 13.2. The number of benzene rings is 2. The van der Waals surface area contributed by atoms with Crippen LogP contribution in [0.25, 0.3) is 0 Å². The third-order valence-corrected chi connectivity index (χ3v) is 3.84. The van der Waals surface area contributed by atoms with Crippen LogP contribution in [0.1, 0.15) is 42.2 Å². The fraction of sp³-hybridized carbons (Fsp3) is 0.294. The molecule has 2 rings (SSSR count). The fourth-order valence-electron chi connectivity index (χ4n) is 2.30. The Kier molecular flexibility index (Phi) is 4.79. The van der Waals surface area contributed by atoms with E-state index in [-0.39, 0.29) is 5.02 Å². The monoisotopic (exact) mass is 292 g/mol. The van der Waals surface area contributed by atoms with Crippen molar-refractivity contribution in [3.8, 4) is 0 Å². The van der Waals surface area contributed by atoms with Gasteiger partial charge in [0.15, 0.2) is 0 Å². The molecule has 0 amide bonds. The van der Waals surface area contributed by atoms with Gasteiger partial charge in [-0.05, 0) is 47.2 Å². The number of hydrogen-bond donors (Lipinski definition) is 1. The van der Waals surface area contributed by atoms with E-state index in [1.165, 1.54) is 17.7 Å². The smallest absolute Gasteiger partial charge is 0.141 e. The summed E-state index contributed by atoms with van der Waals surface area (Å²) < 4.78 is 13.2. The lowest BCUT2D eigenvalue weighted by Gasteiger charge is -2.17. The van der Waals surface area contributed by atoms with E-state index in [1.807, 2.05) is 12.1 Å². The molecule has 1 N–H and O–H groups in total. The molecule has 1 unspecified atom stereocenters. The summed E-state index contributed by atoms with van der Waals surface area (Å²) in [6.07, 6.45) is 0.966. The highest BCUT2D eigenvalue weighted by molar-refractivity contribution is 6.30. The molecule has 0 bridgehead atoms. The molecule has 1 atom stereocenters. The highest BCUT2D eigenvalue weighted by atomic mass is 35.5. The van der Waals surface area contributed by atoms with Crippen molar-refractivity contribution in [2.24, 2.45) is 0 Å². The van der Waals surface area contributed by atoms with Crippen LogP contribution in [-0.4, -0.2) is 5.11 Å². The van der Waals surface area contributed by atoms with E-state index in [0.717, 1.165) is 24.0 Å². The number of halogens is 2. The van der Waals surface area contributed by atoms with E-state index < -0.39 is 11.9 Å². The molecule has 0 aliphatic heterocycles. The van der Waals surface area contributed by atoms with E-state index in [4.69, 9.17) is 11.6 Å². The number of aliphatic hydroxyl groups is 1. The molecule has 0 aliphatic carbocycles. The lowest BCUT2D eigenvalue weighted by atomic mass is 9.93. The van der Waals surface area contributed by atoms with Crippen LogP contribution in [0.2, 0.25) is 5.02 Å². The molecule has 0 radical (unpaired) electrons. The zero-order valence-electron chi connectivity index (χ0n) is 11.7. The Hall–Kier alpha value is -1.38. The molecule has 0 fully saturated rings. The Bertz CT molecular complexity index is 610. The fourth-order valence-corrected chi connectivity index (χ4v) is 2.49. The lowest BCUT2D eigenvalue weighted by Crippen LogP contribution is -2.05. The van der Waals surface area contributed by atoms with Crippen molar-refractivity contribution in [3.05, 3.63) is 69.5 Å². The number of aryl methyl sites for hydroxylation is 2. The minimum Gasteiger partial charge on any atom is -0.384 e. The maximum atomic E-state index is 13.2. The Balaban J connectivity index is 2.45. The van der Waals surface area contributed by atoms with Gasteiger partial charge in [0.2, 0.25) is 0 Å². The second-order valence-corrected chi connectivity index (χ2v) is 5.22. The second kappa shape index (κ2) is 6.38. The van der Waals surface area contributed by atoms with Crippen LogP contribution < -0.4 is 0 Å². The van der Waals surface area contributed by atoms with Gasteiger partial charge in [0, 0.05) is 0 Å². The number of hydrogen-bond acceptors (Lipinski definition) is 1. The molecule has 2 aromatic carbocycles. The van der Waals surface area contributed by atoms with Gasteiger partial charge in [-0.15, -0.1) is 0 Å². The Morgan fingerprint density at radius 1 is 1.10 bits per heavy atom. The van der Waals surface area contributed by atoms with Gasteiger partial charge in [-0.1, -0.05) is 49.7 Å². The molecular weight excluding hydrogens is 275 g/mol. The van der Waals surface area contributed by atoms with Gasteiger partial charge >= 0.3 is 0 Å². The quantitative estimate of drug-likeness (QED) is 0.867. The molecule has 0 heterocycles. The third-order valence-electron chi connectivity index (χ3n) is 3.55. The van der Waals surface area contributed by atoms with Crippen molar-refractivity contribution < 1.29 is 9.50 Å².